The Bertz CT molecular complexity index is 287. The second-order valence-corrected chi connectivity index (χ2v) is 7.78. The van der Waals surface area contributed by atoms with Crippen LogP contribution in [0.25, 0.3) is 0 Å². The van der Waals surface area contributed by atoms with Crippen LogP contribution in [-0.4, -0.2) is 38.0 Å². The molecule has 1 aliphatic heterocycles. The van der Waals surface area contributed by atoms with Crippen molar-refractivity contribution < 1.29 is 9.47 Å². The standard InChI is InChI=1S/C17H33NO2/c1-13-8-16(10-17(3,4)9-13)20-14(2)11-18-12-15-6-5-7-19-15/h13-16,18H,5-12H2,1-4H3. The zero-order valence-electron chi connectivity index (χ0n) is 13.8. The predicted molar refractivity (Wildman–Crippen MR) is 83.0 cm³/mol. The molecule has 3 nitrogen and oxygen atoms in total. The molecule has 0 amide bonds. The van der Waals surface area contributed by atoms with Crippen LogP contribution in [0.1, 0.15) is 59.8 Å². The maximum Gasteiger partial charge on any atom is 0.0700 e. The molecular weight excluding hydrogens is 250 g/mol. The lowest BCUT2D eigenvalue weighted by Gasteiger charge is -2.39. The second-order valence-electron chi connectivity index (χ2n) is 7.78. The van der Waals surface area contributed by atoms with Gasteiger partial charge in [-0.05, 0) is 50.4 Å². The molecule has 0 radical (unpaired) electrons. The molecule has 3 heteroatoms. The fraction of sp³-hybridized carbons (Fsp3) is 1.00. The van der Waals surface area contributed by atoms with Gasteiger partial charge in [0.1, 0.15) is 0 Å². The van der Waals surface area contributed by atoms with Crippen molar-refractivity contribution in [2.75, 3.05) is 19.7 Å². The van der Waals surface area contributed by atoms with Crippen LogP contribution < -0.4 is 5.32 Å². The number of hydrogen-bond acceptors (Lipinski definition) is 3. The second kappa shape index (κ2) is 7.24. The van der Waals surface area contributed by atoms with E-state index in [9.17, 15) is 0 Å². The van der Waals surface area contributed by atoms with E-state index in [4.69, 9.17) is 9.47 Å². The van der Waals surface area contributed by atoms with Crippen molar-refractivity contribution in [3.8, 4) is 0 Å². The number of rotatable bonds is 6. The molecule has 2 rings (SSSR count). The van der Waals surface area contributed by atoms with E-state index in [1.165, 1.54) is 32.1 Å². The first kappa shape index (κ1) is 16.3. The topological polar surface area (TPSA) is 30.5 Å². The van der Waals surface area contributed by atoms with Gasteiger partial charge in [-0.2, -0.15) is 0 Å². The van der Waals surface area contributed by atoms with Gasteiger partial charge in [-0.25, -0.2) is 0 Å². The summed E-state index contributed by atoms with van der Waals surface area (Å²) in [5.41, 5.74) is 0.438. The van der Waals surface area contributed by atoms with Gasteiger partial charge in [-0.3, -0.25) is 0 Å². The lowest BCUT2D eigenvalue weighted by atomic mass is 9.71. The molecule has 0 aromatic heterocycles. The summed E-state index contributed by atoms with van der Waals surface area (Å²) in [6, 6.07) is 0. The molecule has 4 atom stereocenters. The van der Waals surface area contributed by atoms with Crippen LogP contribution in [0, 0.1) is 11.3 Å². The molecule has 1 saturated carbocycles. The van der Waals surface area contributed by atoms with Crippen molar-refractivity contribution >= 4 is 0 Å². The smallest absolute Gasteiger partial charge is 0.0700 e. The summed E-state index contributed by atoms with van der Waals surface area (Å²) in [6.07, 6.45) is 7.33. The molecule has 1 saturated heterocycles. The van der Waals surface area contributed by atoms with E-state index in [0.29, 0.717) is 23.7 Å². The Hall–Kier alpha value is -0.120. The van der Waals surface area contributed by atoms with Gasteiger partial charge in [0.15, 0.2) is 0 Å². The minimum Gasteiger partial charge on any atom is -0.377 e. The molecule has 0 aromatic rings. The Kier molecular flexibility index (Phi) is 5.88. The van der Waals surface area contributed by atoms with Crippen molar-refractivity contribution in [1.82, 2.24) is 5.32 Å². The number of ether oxygens (including phenoxy) is 2. The van der Waals surface area contributed by atoms with Crippen LogP contribution in [0.5, 0.6) is 0 Å². The van der Waals surface area contributed by atoms with E-state index >= 15 is 0 Å². The van der Waals surface area contributed by atoms with E-state index in [0.717, 1.165) is 25.6 Å². The molecule has 20 heavy (non-hydrogen) atoms. The van der Waals surface area contributed by atoms with E-state index in [1.54, 1.807) is 0 Å². The van der Waals surface area contributed by atoms with Gasteiger partial charge < -0.3 is 14.8 Å². The third kappa shape index (κ3) is 5.34. The lowest BCUT2D eigenvalue weighted by molar-refractivity contribution is -0.0581. The van der Waals surface area contributed by atoms with Crippen LogP contribution in [-0.2, 0) is 9.47 Å². The van der Waals surface area contributed by atoms with Crippen molar-refractivity contribution in [1.29, 1.82) is 0 Å². The maximum absolute atomic E-state index is 6.26. The molecule has 0 bridgehead atoms. The summed E-state index contributed by atoms with van der Waals surface area (Å²) in [6.45, 7) is 12.1. The third-order valence-electron chi connectivity index (χ3n) is 4.60. The Morgan fingerprint density at radius 2 is 2.15 bits per heavy atom. The van der Waals surface area contributed by atoms with Gasteiger partial charge in [0, 0.05) is 19.7 Å². The monoisotopic (exact) mass is 283 g/mol. The number of hydrogen-bond donors (Lipinski definition) is 1. The summed E-state index contributed by atoms with van der Waals surface area (Å²) in [7, 11) is 0. The highest BCUT2D eigenvalue weighted by molar-refractivity contribution is 4.84. The van der Waals surface area contributed by atoms with Crippen LogP contribution in [0.4, 0.5) is 0 Å². The summed E-state index contributed by atoms with van der Waals surface area (Å²) >= 11 is 0. The molecule has 1 heterocycles. The third-order valence-corrected chi connectivity index (χ3v) is 4.60. The van der Waals surface area contributed by atoms with Gasteiger partial charge in [-0.1, -0.05) is 20.8 Å². The molecule has 0 aromatic carbocycles. The van der Waals surface area contributed by atoms with Gasteiger partial charge >= 0.3 is 0 Å². The van der Waals surface area contributed by atoms with E-state index in [1.807, 2.05) is 0 Å². The molecule has 118 valence electrons. The minimum atomic E-state index is 0.294. The van der Waals surface area contributed by atoms with E-state index in [-0.39, 0.29) is 0 Å². The Morgan fingerprint density at radius 3 is 2.80 bits per heavy atom. The first-order valence-corrected chi connectivity index (χ1v) is 8.42. The van der Waals surface area contributed by atoms with Crippen molar-refractivity contribution in [3.05, 3.63) is 0 Å². The molecule has 1 aliphatic carbocycles. The first-order valence-electron chi connectivity index (χ1n) is 8.42. The van der Waals surface area contributed by atoms with Gasteiger partial charge in [0.05, 0.1) is 18.3 Å². The molecule has 2 fully saturated rings. The zero-order chi connectivity index (χ0) is 14.6. The van der Waals surface area contributed by atoms with E-state index < -0.39 is 0 Å². The first-order chi connectivity index (χ1) is 9.44. The minimum absolute atomic E-state index is 0.294. The molecular formula is C17H33NO2. The summed E-state index contributed by atoms with van der Waals surface area (Å²) in [5, 5.41) is 3.50. The Morgan fingerprint density at radius 1 is 1.35 bits per heavy atom. The molecule has 2 aliphatic rings. The Balaban J connectivity index is 1.64. The largest absolute Gasteiger partial charge is 0.377 e. The number of nitrogens with one attached hydrogen (secondary N) is 1. The van der Waals surface area contributed by atoms with Gasteiger partial charge in [-0.15, -0.1) is 0 Å². The highest BCUT2D eigenvalue weighted by atomic mass is 16.5. The van der Waals surface area contributed by atoms with Crippen LogP contribution in [0.2, 0.25) is 0 Å². The quantitative estimate of drug-likeness (QED) is 0.810. The zero-order valence-corrected chi connectivity index (χ0v) is 13.8. The fourth-order valence-corrected chi connectivity index (χ4v) is 3.99. The fourth-order valence-electron chi connectivity index (χ4n) is 3.99. The molecule has 1 N–H and O–H groups in total. The highest BCUT2D eigenvalue weighted by Crippen LogP contribution is 2.39. The molecule has 4 unspecified atom stereocenters. The lowest BCUT2D eigenvalue weighted by Crippen LogP contribution is -2.38. The van der Waals surface area contributed by atoms with Gasteiger partial charge in [0.25, 0.3) is 0 Å². The SMILES string of the molecule is CC1CC(OC(C)CNCC2CCCO2)CC(C)(C)C1. The predicted octanol–water partition coefficient (Wildman–Crippen LogP) is 3.37. The van der Waals surface area contributed by atoms with Crippen molar-refractivity contribution in [2.24, 2.45) is 11.3 Å². The van der Waals surface area contributed by atoms with Crippen LogP contribution in [0.3, 0.4) is 0 Å². The summed E-state index contributed by atoms with van der Waals surface area (Å²) in [4.78, 5) is 0. The van der Waals surface area contributed by atoms with Crippen LogP contribution in [0.15, 0.2) is 0 Å². The molecule has 0 spiro atoms. The van der Waals surface area contributed by atoms with Gasteiger partial charge in [0.2, 0.25) is 0 Å². The summed E-state index contributed by atoms with van der Waals surface area (Å²) < 4.78 is 11.9. The maximum atomic E-state index is 6.26. The van der Waals surface area contributed by atoms with E-state index in [2.05, 4.69) is 33.0 Å². The van der Waals surface area contributed by atoms with Crippen molar-refractivity contribution in [2.45, 2.75) is 78.1 Å². The van der Waals surface area contributed by atoms with Crippen molar-refractivity contribution in [3.63, 3.8) is 0 Å². The normalized spacial score (nSPS) is 35.1. The highest BCUT2D eigenvalue weighted by Gasteiger charge is 2.33. The Labute approximate surface area is 124 Å². The average Bonchev–Trinajstić information content (AvgIpc) is 2.78. The van der Waals surface area contributed by atoms with Crippen LogP contribution >= 0.6 is 0 Å². The average molecular weight is 283 g/mol. The summed E-state index contributed by atoms with van der Waals surface area (Å²) in [5.74, 6) is 0.788.